The molecule has 104 heavy (non-hydrogen) atoms. The predicted octanol–water partition coefficient (Wildman–Crippen LogP) is 15.6. The summed E-state index contributed by atoms with van der Waals surface area (Å²) in [7, 11) is -6.90. The summed E-state index contributed by atoms with van der Waals surface area (Å²) in [6.07, 6.45) is 0. The molecule has 3 fully saturated rings. The van der Waals surface area contributed by atoms with Gasteiger partial charge < -0.3 is 37.1 Å². The van der Waals surface area contributed by atoms with E-state index in [4.69, 9.17) is 27.9 Å². The molecule has 2 aromatic heterocycles. The van der Waals surface area contributed by atoms with E-state index in [0.717, 1.165) is 15.6 Å². The molecule has 17 rings (SSSR count). The summed E-state index contributed by atoms with van der Waals surface area (Å²) in [4.78, 5) is 0. The molecule has 0 amide bonds. The number of hydrogen-bond acceptors (Lipinski definition) is 6. The van der Waals surface area contributed by atoms with Crippen molar-refractivity contribution in [2.45, 2.75) is 117 Å². The van der Waals surface area contributed by atoms with Gasteiger partial charge in [-0.05, 0) is 191 Å². The van der Waals surface area contributed by atoms with Crippen LogP contribution in [0.2, 0.25) is 0 Å². The smallest absolute Gasteiger partial charge is 0.405 e. The van der Waals surface area contributed by atoms with Gasteiger partial charge in [0, 0.05) is 37.4 Å². The van der Waals surface area contributed by atoms with Crippen molar-refractivity contribution in [2.75, 3.05) is 0 Å². The van der Waals surface area contributed by atoms with Gasteiger partial charge in [-0.3, -0.25) is 0 Å². The maximum atomic E-state index is 6.57. The van der Waals surface area contributed by atoms with Crippen molar-refractivity contribution in [1.82, 2.24) is 9.13 Å². The lowest BCUT2D eigenvalue weighted by Crippen LogP contribution is -2.75. The van der Waals surface area contributed by atoms with Crippen LogP contribution in [0.4, 0.5) is 0 Å². The van der Waals surface area contributed by atoms with Crippen molar-refractivity contribution in [3.63, 3.8) is 0 Å². The van der Waals surface area contributed by atoms with Crippen LogP contribution < -0.4 is 47.0 Å². The zero-order valence-corrected chi connectivity index (χ0v) is 65.1. The fraction of sp³-hybridized carbons (Fsp3) is 0.200. The molecule has 518 valence electrons. The highest BCUT2D eigenvalue weighted by atomic mass is 79.9. The Labute approximate surface area is 624 Å². The van der Waals surface area contributed by atoms with Crippen LogP contribution in [-0.2, 0) is 27.9 Å². The van der Waals surface area contributed by atoms with Gasteiger partial charge in [0.05, 0.1) is 55.7 Å². The highest BCUT2D eigenvalue weighted by molar-refractivity contribution is 9.10. The second kappa shape index (κ2) is 27.5. The number of rotatable bonds is 12. The van der Waals surface area contributed by atoms with E-state index in [2.05, 4.69) is 368 Å². The maximum Gasteiger partial charge on any atom is 0.494 e. The van der Waals surface area contributed by atoms with Gasteiger partial charge in [-0.25, -0.2) is 0 Å². The van der Waals surface area contributed by atoms with E-state index in [1.807, 2.05) is 55.4 Å². The van der Waals surface area contributed by atoms with Gasteiger partial charge in [0.25, 0.3) is 0 Å². The molecular weight excluding hydrogens is 1370 g/mol. The van der Waals surface area contributed by atoms with Crippen molar-refractivity contribution in [3.8, 4) is 11.4 Å². The molecule has 0 atom stereocenters. The molecule has 0 unspecified atom stereocenters. The summed E-state index contributed by atoms with van der Waals surface area (Å²) in [6, 6.07) is 116. The van der Waals surface area contributed by atoms with Crippen LogP contribution in [-0.4, -0.2) is 80.0 Å². The van der Waals surface area contributed by atoms with Gasteiger partial charge in [-0.2, -0.15) is 0 Å². The largest absolute Gasteiger partial charge is 0.494 e. The van der Waals surface area contributed by atoms with Crippen LogP contribution in [0.25, 0.3) is 55.0 Å². The second-order valence-corrected chi connectivity index (χ2v) is 39.3. The Morgan fingerprint density at radius 1 is 0.250 bits per heavy atom. The molecule has 3 aliphatic heterocycles. The van der Waals surface area contributed by atoms with Gasteiger partial charge in [0.1, 0.15) is 0 Å². The SMILES string of the molecule is Brc1cccc([Si](c2ccccc2)(c2ccccc2)c2cccc(-n3c4ccccc4c4ccccc43)c2)c1.CC1(C)OB(B2OC(C)(C)C(C)(C)O2)OC1(C)C.CC1(C)OB(c2cccc([Si](c3ccccc3)(c3ccccc3)c3cccc(-n4c5ccccc5c5ccccc54)c3)c2)OC1(C)C. The van der Waals surface area contributed by atoms with E-state index in [0.29, 0.717) is 0 Å². The van der Waals surface area contributed by atoms with Gasteiger partial charge in [0.15, 0.2) is 16.1 Å². The Hall–Kier alpha value is -8.89. The fourth-order valence-electron chi connectivity index (χ4n) is 15.5. The van der Waals surface area contributed by atoms with Gasteiger partial charge >= 0.3 is 21.1 Å². The minimum atomic E-state index is -2.86. The first-order valence-corrected chi connectivity index (χ1v) is 41.1. The van der Waals surface area contributed by atoms with Crippen LogP contribution in [0.15, 0.2) is 320 Å². The van der Waals surface area contributed by atoms with E-state index in [1.165, 1.54) is 90.8 Å². The van der Waals surface area contributed by atoms with Crippen molar-refractivity contribution in [2.24, 2.45) is 0 Å². The summed E-state index contributed by atoms with van der Waals surface area (Å²) < 4.78 is 42.9. The van der Waals surface area contributed by atoms with Crippen LogP contribution in [0.3, 0.4) is 0 Å². The quantitative estimate of drug-likeness (QED) is 0.0897. The molecule has 0 spiro atoms. The van der Waals surface area contributed by atoms with E-state index < -0.39 is 48.5 Å². The first-order chi connectivity index (χ1) is 49.9. The minimum Gasteiger partial charge on any atom is -0.405 e. The summed E-state index contributed by atoms with van der Waals surface area (Å²) in [5.74, 6) is 0. The highest BCUT2D eigenvalue weighted by Crippen LogP contribution is 2.44. The van der Waals surface area contributed by atoms with Crippen LogP contribution in [0.1, 0.15) is 83.1 Å². The number of hydrogen-bond donors (Lipinski definition) is 0. The lowest BCUT2D eigenvalue weighted by molar-refractivity contribution is 0.00578. The number of para-hydroxylation sites is 4. The molecule has 0 N–H and O–H groups in total. The molecule has 14 heteroatoms. The third-order valence-corrected chi connectivity index (χ3v) is 32.9. The first-order valence-electron chi connectivity index (χ1n) is 36.3. The maximum absolute atomic E-state index is 6.57. The number of aromatic nitrogens is 2. The number of nitrogens with zero attached hydrogens (tertiary/aromatic N) is 2. The third-order valence-electron chi connectivity index (χ3n) is 22.9. The topological polar surface area (TPSA) is 65.2 Å². The molecule has 0 bridgehead atoms. The number of benzene rings is 12. The molecule has 8 nitrogen and oxygen atoms in total. The van der Waals surface area contributed by atoms with Crippen LogP contribution >= 0.6 is 15.9 Å². The fourth-order valence-corrected chi connectivity index (χ4v) is 25.8. The highest BCUT2D eigenvalue weighted by Gasteiger charge is 2.64. The second-order valence-electron chi connectivity index (χ2n) is 30.8. The van der Waals surface area contributed by atoms with Crippen molar-refractivity contribution < 1.29 is 27.9 Å². The van der Waals surface area contributed by atoms with E-state index in [9.17, 15) is 0 Å². The Morgan fingerprint density at radius 2 is 0.500 bits per heavy atom. The first kappa shape index (κ1) is 70.8. The molecule has 5 heterocycles. The normalized spacial score (nSPS) is 17.1. The zero-order valence-electron chi connectivity index (χ0n) is 61.5. The molecular formula is C90H88B3BrN2O6Si2. The van der Waals surface area contributed by atoms with Gasteiger partial charge in [-0.15, -0.1) is 0 Å². The standard InChI is InChI=1S/C42H38BNO2Si.C36H26BrNSi.C12H24B2O4/c1-41(2)42(3,4)46-43(45-41)31-17-15-23-35(29-31)47(33-19-7-5-8-20-33,34-21-9-6-10-22-34)36-24-16-18-32(30-36)44-39-27-13-11-25-37(39)38-26-12-14-28-40(38)44;37-27-13-11-19-31(25-27)39(29-15-3-1-4-16-29,30-17-5-2-6-18-30)32-20-12-14-28(26-32)38-35-23-9-7-21-33(35)34-22-8-10-24-36(34)38;1-9(2)10(3,4)16-13(15-9)14-17-11(5,6)12(7,8)18-14/h5-30H,1-4H3;1-26H;1-8H3. The average molecular weight is 1460 g/mol. The number of fused-ring (bicyclic) bond motifs is 6. The number of halogens is 1. The monoisotopic (exact) mass is 1460 g/mol. The molecule has 3 saturated heterocycles. The van der Waals surface area contributed by atoms with E-state index >= 15 is 0 Å². The van der Waals surface area contributed by atoms with Gasteiger partial charge in [0.2, 0.25) is 0 Å². The van der Waals surface area contributed by atoms with Crippen molar-refractivity contribution >= 4 is 144 Å². The Morgan fingerprint density at radius 3 is 0.817 bits per heavy atom. The van der Waals surface area contributed by atoms with E-state index in [-0.39, 0.29) is 22.4 Å². The molecule has 0 radical (unpaired) electrons. The van der Waals surface area contributed by atoms with E-state index in [1.54, 1.807) is 0 Å². The van der Waals surface area contributed by atoms with Crippen molar-refractivity contribution in [1.29, 1.82) is 0 Å². The summed E-state index contributed by atoms with van der Waals surface area (Å²) in [5.41, 5.74) is 5.98. The molecule has 14 aromatic rings. The Balaban J connectivity index is 0.000000137. The van der Waals surface area contributed by atoms with Gasteiger partial charge in [-0.1, -0.05) is 271 Å². The third kappa shape index (κ3) is 12.4. The lowest BCUT2D eigenvalue weighted by atomic mass is 9.49. The zero-order chi connectivity index (χ0) is 72.4. The van der Waals surface area contributed by atoms with Crippen molar-refractivity contribution in [3.05, 3.63) is 320 Å². The summed E-state index contributed by atoms with van der Waals surface area (Å²) in [6.45, 7) is 24.7. The van der Waals surface area contributed by atoms with Crippen LogP contribution in [0.5, 0.6) is 0 Å². The minimum absolute atomic E-state index is 0.360. The lowest BCUT2D eigenvalue weighted by Gasteiger charge is -2.35. The average Bonchev–Trinajstić information content (AvgIpc) is 1.01. The Kier molecular flexibility index (Phi) is 18.7. The molecule has 0 aliphatic carbocycles. The summed E-state index contributed by atoms with van der Waals surface area (Å²) in [5, 5.41) is 15.8. The molecule has 3 aliphatic rings. The predicted molar refractivity (Wildman–Crippen MR) is 444 cm³/mol. The summed E-state index contributed by atoms with van der Waals surface area (Å²) >= 11 is 3.79. The molecule has 0 saturated carbocycles. The van der Waals surface area contributed by atoms with Crippen LogP contribution in [0, 0.1) is 0 Å². The molecule has 12 aromatic carbocycles. The Bertz CT molecular complexity index is 5170.